The zero-order valence-electron chi connectivity index (χ0n) is 7.22. The lowest BCUT2D eigenvalue weighted by Crippen LogP contribution is -2.28. The smallest absolute Gasteiger partial charge is 0.269 e. The van der Waals surface area contributed by atoms with Crippen molar-refractivity contribution in [1.29, 1.82) is 0 Å². The third-order valence-corrected chi connectivity index (χ3v) is 2.71. The first-order chi connectivity index (χ1) is 6.20. The normalized spacial score (nSPS) is 15.5. The lowest BCUT2D eigenvalue weighted by atomic mass is 10.1. The van der Waals surface area contributed by atoms with Gasteiger partial charge >= 0.3 is 0 Å². The van der Waals surface area contributed by atoms with E-state index in [2.05, 4.69) is 0 Å². The average molecular weight is 199 g/mol. The molecule has 0 radical (unpaired) electrons. The first-order valence-electron chi connectivity index (χ1n) is 4.38. The van der Waals surface area contributed by atoms with Crippen LogP contribution in [0.15, 0.2) is 10.9 Å². The number of hydrogen-bond acceptors (Lipinski definition) is 2. The average Bonchev–Trinajstić information content (AvgIpc) is 2.15. The van der Waals surface area contributed by atoms with Crippen LogP contribution in [0.4, 0.5) is 5.69 Å². The molecule has 2 rings (SSSR count). The molecule has 2 N–H and O–H groups in total. The second-order valence-corrected chi connectivity index (χ2v) is 3.72. The largest absolute Gasteiger partial charge is 0.397 e. The first kappa shape index (κ1) is 8.63. The highest BCUT2D eigenvalue weighted by Crippen LogP contribution is 2.20. The number of pyridine rings is 1. The van der Waals surface area contributed by atoms with Crippen LogP contribution in [0.5, 0.6) is 0 Å². The summed E-state index contributed by atoms with van der Waals surface area (Å²) in [5, 5.41) is 0.225. The number of nitrogens with two attached hydrogens (primary N) is 1. The number of hydrogen-bond donors (Lipinski definition) is 1. The summed E-state index contributed by atoms with van der Waals surface area (Å²) < 4.78 is 1.70. The number of nitrogens with zero attached hydrogens (tertiary/aromatic N) is 1. The van der Waals surface area contributed by atoms with Gasteiger partial charge in [0.15, 0.2) is 0 Å². The lowest BCUT2D eigenvalue weighted by molar-refractivity contribution is 0.515. The van der Waals surface area contributed by atoms with Gasteiger partial charge in [0.25, 0.3) is 5.56 Å². The number of fused-ring (bicyclic) bond motifs is 1. The second kappa shape index (κ2) is 3.07. The maximum atomic E-state index is 11.5. The van der Waals surface area contributed by atoms with Crippen LogP contribution in [0.1, 0.15) is 18.5 Å². The highest BCUT2D eigenvalue weighted by atomic mass is 35.5. The second-order valence-electron chi connectivity index (χ2n) is 3.31. The molecule has 3 nitrogen and oxygen atoms in total. The lowest BCUT2D eigenvalue weighted by Gasteiger charge is -2.19. The Bertz CT molecular complexity index is 397. The third-order valence-electron chi connectivity index (χ3n) is 2.44. The zero-order chi connectivity index (χ0) is 9.42. The third kappa shape index (κ3) is 1.33. The van der Waals surface area contributed by atoms with Crippen molar-refractivity contribution in [2.24, 2.45) is 0 Å². The van der Waals surface area contributed by atoms with Gasteiger partial charge in [0.05, 0.1) is 5.69 Å². The molecule has 0 fully saturated rings. The highest BCUT2D eigenvalue weighted by Gasteiger charge is 2.14. The Labute approximate surface area is 81.1 Å². The summed E-state index contributed by atoms with van der Waals surface area (Å²) >= 11 is 5.74. The summed E-state index contributed by atoms with van der Waals surface area (Å²) in [6.45, 7) is 0.749. The minimum atomic E-state index is -0.106. The molecule has 1 aliphatic rings. The van der Waals surface area contributed by atoms with E-state index in [1.54, 1.807) is 10.6 Å². The summed E-state index contributed by atoms with van der Waals surface area (Å²) in [6.07, 6.45) is 3.02. The Balaban J connectivity index is 2.70. The van der Waals surface area contributed by atoms with E-state index in [1.807, 2.05) is 0 Å². The molecule has 2 heterocycles. The Morgan fingerprint density at radius 1 is 1.46 bits per heavy atom. The quantitative estimate of drug-likeness (QED) is 0.686. The summed E-state index contributed by atoms with van der Waals surface area (Å²) in [7, 11) is 0. The van der Waals surface area contributed by atoms with E-state index in [-0.39, 0.29) is 10.6 Å². The molecular weight excluding hydrogens is 188 g/mol. The van der Waals surface area contributed by atoms with Crippen LogP contribution in [-0.2, 0) is 13.0 Å². The van der Waals surface area contributed by atoms with Crippen molar-refractivity contribution in [3.8, 4) is 0 Å². The molecular formula is C9H11ClN2O. The first-order valence-corrected chi connectivity index (χ1v) is 4.75. The van der Waals surface area contributed by atoms with Gasteiger partial charge in [0.1, 0.15) is 5.02 Å². The molecule has 4 heteroatoms. The van der Waals surface area contributed by atoms with Crippen LogP contribution >= 0.6 is 11.6 Å². The van der Waals surface area contributed by atoms with Gasteiger partial charge in [-0.15, -0.1) is 0 Å². The summed E-state index contributed by atoms with van der Waals surface area (Å²) in [5.74, 6) is 0. The minimum absolute atomic E-state index is 0.106. The van der Waals surface area contributed by atoms with Crippen LogP contribution < -0.4 is 11.3 Å². The van der Waals surface area contributed by atoms with E-state index < -0.39 is 0 Å². The van der Waals surface area contributed by atoms with Gasteiger partial charge in [0.2, 0.25) is 0 Å². The molecule has 0 amide bonds. The van der Waals surface area contributed by atoms with E-state index in [1.165, 1.54) is 0 Å². The van der Waals surface area contributed by atoms with E-state index in [9.17, 15) is 4.79 Å². The SMILES string of the molecule is Nc1cc(Cl)c(=O)n2c1CCCC2. The van der Waals surface area contributed by atoms with E-state index in [0.29, 0.717) is 5.69 Å². The van der Waals surface area contributed by atoms with Gasteiger partial charge in [-0.1, -0.05) is 11.6 Å². The van der Waals surface area contributed by atoms with Gasteiger partial charge in [-0.3, -0.25) is 4.79 Å². The molecule has 1 aromatic heterocycles. The van der Waals surface area contributed by atoms with Gasteiger partial charge in [-0.05, 0) is 25.3 Å². The molecule has 1 aromatic rings. The van der Waals surface area contributed by atoms with E-state index in [4.69, 9.17) is 17.3 Å². The molecule has 1 aliphatic heterocycles. The highest BCUT2D eigenvalue weighted by molar-refractivity contribution is 6.30. The van der Waals surface area contributed by atoms with Crippen molar-refractivity contribution in [2.45, 2.75) is 25.8 Å². The number of nitrogen functional groups attached to an aromatic ring is 1. The predicted molar refractivity (Wildman–Crippen MR) is 53.1 cm³/mol. The Morgan fingerprint density at radius 3 is 3.00 bits per heavy atom. The summed E-state index contributed by atoms with van der Waals surface area (Å²) in [4.78, 5) is 11.5. The van der Waals surface area contributed by atoms with Gasteiger partial charge < -0.3 is 10.3 Å². The van der Waals surface area contributed by atoms with Crippen molar-refractivity contribution in [1.82, 2.24) is 4.57 Å². The van der Waals surface area contributed by atoms with Crippen LogP contribution in [0.3, 0.4) is 0 Å². The summed E-state index contributed by atoms with van der Waals surface area (Å²) in [5.41, 5.74) is 7.25. The Kier molecular flexibility index (Phi) is 2.04. The zero-order valence-corrected chi connectivity index (χ0v) is 7.97. The van der Waals surface area contributed by atoms with Crippen molar-refractivity contribution in [2.75, 3.05) is 5.73 Å². The number of halogens is 1. The molecule has 0 saturated carbocycles. The summed E-state index contributed by atoms with van der Waals surface area (Å²) in [6, 6.07) is 1.56. The topological polar surface area (TPSA) is 48.0 Å². The van der Waals surface area contributed by atoms with Crippen LogP contribution in [-0.4, -0.2) is 4.57 Å². The molecule has 0 spiro atoms. The van der Waals surface area contributed by atoms with Crippen molar-refractivity contribution in [3.63, 3.8) is 0 Å². The number of aromatic nitrogens is 1. The Morgan fingerprint density at radius 2 is 2.23 bits per heavy atom. The molecule has 70 valence electrons. The van der Waals surface area contributed by atoms with E-state index >= 15 is 0 Å². The molecule has 0 unspecified atom stereocenters. The molecule has 0 aromatic carbocycles. The number of anilines is 1. The van der Waals surface area contributed by atoms with Crippen LogP contribution in [0, 0.1) is 0 Å². The maximum Gasteiger partial charge on any atom is 0.269 e. The van der Waals surface area contributed by atoms with Gasteiger partial charge in [0, 0.05) is 12.2 Å². The minimum Gasteiger partial charge on any atom is -0.397 e. The predicted octanol–water partition coefficient (Wildman–Crippen LogP) is 1.42. The maximum absolute atomic E-state index is 11.5. The van der Waals surface area contributed by atoms with Crippen molar-refractivity contribution < 1.29 is 0 Å². The molecule has 0 bridgehead atoms. The molecule has 0 saturated heterocycles. The van der Waals surface area contributed by atoms with Gasteiger partial charge in [-0.2, -0.15) is 0 Å². The fraction of sp³-hybridized carbons (Fsp3) is 0.444. The fourth-order valence-electron chi connectivity index (χ4n) is 1.77. The fourth-order valence-corrected chi connectivity index (χ4v) is 1.99. The Hall–Kier alpha value is -0.960. The van der Waals surface area contributed by atoms with Crippen molar-refractivity contribution >= 4 is 17.3 Å². The molecule has 0 atom stereocenters. The van der Waals surface area contributed by atoms with Crippen molar-refractivity contribution in [3.05, 3.63) is 27.1 Å². The molecule has 0 aliphatic carbocycles. The van der Waals surface area contributed by atoms with Gasteiger partial charge in [-0.25, -0.2) is 0 Å². The standard InChI is InChI=1S/C9H11ClN2O/c10-6-5-7(11)8-3-1-2-4-12(8)9(6)13/h5H,1-4,11H2. The monoisotopic (exact) mass is 198 g/mol. The van der Waals surface area contributed by atoms with Crippen LogP contribution in [0.2, 0.25) is 5.02 Å². The van der Waals surface area contributed by atoms with E-state index in [0.717, 1.165) is 31.5 Å². The van der Waals surface area contributed by atoms with Crippen LogP contribution in [0.25, 0.3) is 0 Å². The number of rotatable bonds is 0. The molecule has 13 heavy (non-hydrogen) atoms.